The van der Waals surface area contributed by atoms with Crippen LogP contribution in [-0.2, 0) is 13.0 Å². The van der Waals surface area contributed by atoms with E-state index < -0.39 is 5.97 Å². The van der Waals surface area contributed by atoms with E-state index >= 15 is 0 Å². The first kappa shape index (κ1) is 14.8. The summed E-state index contributed by atoms with van der Waals surface area (Å²) in [5, 5.41) is 16.0. The molecule has 1 aromatic heterocycles. The number of carbonyl (C=O) groups is 1. The van der Waals surface area contributed by atoms with Gasteiger partial charge >= 0.3 is 5.97 Å². The fourth-order valence-electron chi connectivity index (χ4n) is 3.18. The van der Waals surface area contributed by atoms with Gasteiger partial charge in [0.15, 0.2) is 0 Å². The van der Waals surface area contributed by atoms with E-state index in [9.17, 15) is 4.79 Å². The van der Waals surface area contributed by atoms with E-state index in [-0.39, 0.29) is 0 Å². The van der Waals surface area contributed by atoms with Gasteiger partial charge in [0.25, 0.3) is 0 Å². The lowest BCUT2D eigenvalue weighted by Gasteiger charge is -2.32. The van der Waals surface area contributed by atoms with Gasteiger partial charge in [0.2, 0.25) is 0 Å². The minimum Gasteiger partial charge on any atom is -0.478 e. The normalized spacial score (nSPS) is 19.2. The van der Waals surface area contributed by atoms with Crippen molar-refractivity contribution >= 4 is 5.97 Å². The van der Waals surface area contributed by atoms with E-state index in [1.807, 2.05) is 18.2 Å². The third-order valence-electron chi connectivity index (χ3n) is 4.28. The number of aromatic nitrogens is 2. The van der Waals surface area contributed by atoms with E-state index in [1.54, 1.807) is 18.3 Å². The largest absolute Gasteiger partial charge is 0.478 e. The quantitative estimate of drug-likeness (QED) is 0.890. The Kier molecular flexibility index (Phi) is 4.53. The van der Waals surface area contributed by atoms with Crippen LogP contribution in [0.1, 0.15) is 34.5 Å². The van der Waals surface area contributed by atoms with Crippen molar-refractivity contribution < 1.29 is 9.90 Å². The van der Waals surface area contributed by atoms with Gasteiger partial charge in [-0.3, -0.25) is 10.00 Å². The van der Waals surface area contributed by atoms with E-state index in [1.165, 1.54) is 24.1 Å². The molecule has 2 heterocycles. The van der Waals surface area contributed by atoms with E-state index in [0.29, 0.717) is 11.5 Å². The zero-order valence-electron chi connectivity index (χ0n) is 12.5. The topological polar surface area (TPSA) is 69.2 Å². The molecule has 2 aromatic rings. The standard InChI is InChI=1S/C17H21N3O2/c21-17(22)15-5-3-13(4-6-15)11-20-9-1-2-14(12-20)10-16-7-8-18-19-16/h3-8,14H,1-2,9-12H2,(H,18,19)(H,21,22)/t14-/m0/s1. The van der Waals surface area contributed by atoms with Crippen molar-refractivity contribution in [1.82, 2.24) is 15.1 Å². The van der Waals surface area contributed by atoms with Crippen LogP contribution in [0.5, 0.6) is 0 Å². The number of carboxylic acids is 1. The summed E-state index contributed by atoms with van der Waals surface area (Å²) in [5.41, 5.74) is 2.73. The Morgan fingerprint density at radius 3 is 2.82 bits per heavy atom. The highest BCUT2D eigenvalue weighted by atomic mass is 16.4. The van der Waals surface area contributed by atoms with Gasteiger partial charge in [-0.15, -0.1) is 0 Å². The van der Waals surface area contributed by atoms with Gasteiger partial charge in [0.1, 0.15) is 0 Å². The van der Waals surface area contributed by atoms with Crippen molar-refractivity contribution in [1.29, 1.82) is 0 Å². The number of hydrogen-bond donors (Lipinski definition) is 2. The van der Waals surface area contributed by atoms with Crippen molar-refractivity contribution in [3.63, 3.8) is 0 Å². The first-order valence-corrected chi connectivity index (χ1v) is 7.73. The first-order chi connectivity index (χ1) is 10.7. The maximum Gasteiger partial charge on any atom is 0.335 e. The molecular formula is C17H21N3O2. The molecular weight excluding hydrogens is 278 g/mol. The lowest BCUT2D eigenvalue weighted by molar-refractivity contribution is 0.0697. The number of aromatic carboxylic acids is 1. The number of nitrogens with zero attached hydrogens (tertiary/aromatic N) is 2. The summed E-state index contributed by atoms with van der Waals surface area (Å²) in [6.45, 7) is 3.08. The molecule has 0 unspecified atom stereocenters. The molecule has 5 heteroatoms. The zero-order valence-corrected chi connectivity index (χ0v) is 12.5. The van der Waals surface area contributed by atoms with E-state index in [4.69, 9.17) is 5.11 Å². The Morgan fingerprint density at radius 1 is 1.32 bits per heavy atom. The molecule has 1 fully saturated rings. The number of carboxylic acid groups (broad SMARTS) is 1. The maximum absolute atomic E-state index is 10.9. The van der Waals surface area contributed by atoms with Gasteiger partial charge in [-0.25, -0.2) is 4.79 Å². The first-order valence-electron chi connectivity index (χ1n) is 7.73. The average molecular weight is 299 g/mol. The SMILES string of the molecule is O=C(O)c1ccc(CN2CCC[C@@H](Cc3ccn[nH]3)C2)cc1. The fourth-order valence-corrected chi connectivity index (χ4v) is 3.18. The third kappa shape index (κ3) is 3.74. The predicted octanol–water partition coefficient (Wildman–Crippen LogP) is 2.56. The molecule has 116 valence electrons. The second-order valence-electron chi connectivity index (χ2n) is 6.03. The number of likely N-dealkylation sites (tertiary alicyclic amines) is 1. The zero-order chi connectivity index (χ0) is 15.4. The van der Waals surface area contributed by atoms with Crippen molar-refractivity contribution in [2.45, 2.75) is 25.8 Å². The molecule has 3 rings (SSSR count). The van der Waals surface area contributed by atoms with Crippen molar-refractivity contribution in [2.24, 2.45) is 5.92 Å². The molecule has 5 nitrogen and oxygen atoms in total. The number of piperidine rings is 1. The minimum absolute atomic E-state index is 0.347. The highest BCUT2D eigenvalue weighted by Gasteiger charge is 2.20. The number of rotatable bonds is 5. The monoisotopic (exact) mass is 299 g/mol. The highest BCUT2D eigenvalue weighted by Crippen LogP contribution is 2.21. The van der Waals surface area contributed by atoms with Crippen molar-refractivity contribution in [3.8, 4) is 0 Å². The van der Waals surface area contributed by atoms with Crippen molar-refractivity contribution in [2.75, 3.05) is 13.1 Å². The summed E-state index contributed by atoms with van der Waals surface area (Å²) in [6, 6.07) is 9.25. The molecule has 1 aliphatic rings. The van der Waals surface area contributed by atoms with Crippen LogP contribution >= 0.6 is 0 Å². The summed E-state index contributed by atoms with van der Waals surface area (Å²) >= 11 is 0. The fraction of sp³-hybridized carbons (Fsp3) is 0.412. The van der Waals surface area contributed by atoms with Gasteiger partial charge in [0, 0.05) is 25.0 Å². The molecule has 22 heavy (non-hydrogen) atoms. The van der Waals surface area contributed by atoms with E-state index in [0.717, 1.165) is 26.1 Å². The molecule has 0 saturated carbocycles. The second kappa shape index (κ2) is 6.75. The average Bonchev–Trinajstić information content (AvgIpc) is 3.01. The molecule has 0 amide bonds. The molecule has 0 radical (unpaired) electrons. The number of nitrogens with one attached hydrogen (secondary N) is 1. The van der Waals surface area contributed by atoms with Gasteiger partial charge < -0.3 is 5.11 Å². The van der Waals surface area contributed by atoms with Gasteiger partial charge in [-0.05, 0) is 55.5 Å². The van der Waals surface area contributed by atoms with Crippen LogP contribution in [0.3, 0.4) is 0 Å². The number of H-pyrrole nitrogens is 1. The Morgan fingerprint density at radius 2 is 2.14 bits per heavy atom. The Hall–Kier alpha value is -2.14. The summed E-state index contributed by atoms with van der Waals surface area (Å²) in [7, 11) is 0. The summed E-state index contributed by atoms with van der Waals surface area (Å²) in [5.74, 6) is -0.211. The maximum atomic E-state index is 10.9. The Bertz CT molecular complexity index is 607. The lowest BCUT2D eigenvalue weighted by Crippen LogP contribution is -2.35. The Balaban J connectivity index is 1.56. The number of benzene rings is 1. The van der Waals surface area contributed by atoms with Gasteiger partial charge in [-0.2, -0.15) is 5.10 Å². The van der Waals surface area contributed by atoms with Crippen LogP contribution in [-0.4, -0.2) is 39.3 Å². The molecule has 1 atom stereocenters. The lowest BCUT2D eigenvalue weighted by atomic mass is 9.93. The van der Waals surface area contributed by atoms with Crippen LogP contribution < -0.4 is 0 Å². The van der Waals surface area contributed by atoms with E-state index in [2.05, 4.69) is 15.1 Å². The minimum atomic E-state index is -0.871. The van der Waals surface area contributed by atoms with Gasteiger partial charge in [0.05, 0.1) is 5.56 Å². The smallest absolute Gasteiger partial charge is 0.335 e. The molecule has 0 spiro atoms. The molecule has 0 bridgehead atoms. The molecule has 1 aromatic carbocycles. The second-order valence-corrected chi connectivity index (χ2v) is 6.03. The van der Waals surface area contributed by atoms with Crippen LogP contribution in [0.15, 0.2) is 36.5 Å². The molecule has 2 N–H and O–H groups in total. The number of hydrogen-bond acceptors (Lipinski definition) is 3. The van der Waals surface area contributed by atoms with Gasteiger partial charge in [-0.1, -0.05) is 12.1 Å². The van der Waals surface area contributed by atoms with Crippen molar-refractivity contribution in [3.05, 3.63) is 53.3 Å². The molecule has 0 aliphatic carbocycles. The van der Waals surface area contributed by atoms with Crippen LogP contribution in [0.4, 0.5) is 0 Å². The Labute approximate surface area is 130 Å². The summed E-state index contributed by atoms with van der Waals surface area (Å²) < 4.78 is 0. The number of aromatic amines is 1. The van der Waals surface area contributed by atoms with Crippen LogP contribution in [0.2, 0.25) is 0 Å². The summed E-state index contributed by atoms with van der Waals surface area (Å²) in [4.78, 5) is 13.3. The molecule has 1 saturated heterocycles. The van der Waals surface area contributed by atoms with Crippen LogP contribution in [0.25, 0.3) is 0 Å². The highest BCUT2D eigenvalue weighted by molar-refractivity contribution is 5.87. The molecule has 1 aliphatic heterocycles. The predicted molar refractivity (Wildman–Crippen MR) is 83.7 cm³/mol. The third-order valence-corrected chi connectivity index (χ3v) is 4.28. The summed E-state index contributed by atoms with van der Waals surface area (Å²) in [6.07, 6.45) is 5.33. The van der Waals surface area contributed by atoms with Crippen LogP contribution in [0, 0.1) is 5.92 Å².